The highest BCUT2D eigenvalue weighted by atomic mass is 32.2. The summed E-state index contributed by atoms with van der Waals surface area (Å²) in [6.45, 7) is -0.494. The second kappa shape index (κ2) is 5.52. The highest BCUT2D eigenvalue weighted by Gasteiger charge is 2.16. The molecule has 0 radical (unpaired) electrons. The minimum absolute atomic E-state index is 0.0888. The Kier molecular flexibility index (Phi) is 4.31. The third-order valence-electron chi connectivity index (χ3n) is 1.98. The number of anilines is 1. The molecule has 1 aromatic rings. The Hall–Kier alpha value is -1.78. The lowest BCUT2D eigenvalue weighted by atomic mass is 10.2. The van der Waals surface area contributed by atoms with E-state index in [-0.39, 0.29) is 17.0 Å². The molecule has 0 heterocycles. The fourth-order valence-electron chi connectivity index (χ4n) is 1.23. The summed E-state index contributed by atoms with van der Waals surface area (Å²) >= 11 is 0. The van der Waals surface area contributed by atoms with Gasteiger partial charge in [0.15, 0.2) is 0 Å². The summed E-state index contributed by atoms with van der Waals surface area (Å²) in [6, 6.07) is 6.46. The zero-order valence-electron chi connectivity index (χ0n) is 9.17. The van der Waals surface area contributed by atoms with E-state index < -0.39 is 22.4 Å². The summed E-state index contributed by atoms with van der Waals surface area (Å²) in [4.78, 5) is 0. The van der Waals surface area contributed by atoms with E-state index in [9.17, 15) is 8.42 Å². The molecule has 92 valence electrons. The molecule has 0 bridgehead atoms. The fourth-order valence-corrected chi connectivity index (χ4v) is 2.09. The van der Waals surface area contributed by atoms with Crippen molar-refractivity contribution in [2.45, 2.75) is 0 Å². The summed E-state index contributed by atoms with van der Waals surface area (Å²) in [5.41, 5.74) is 0.247. The van der Waals surface area contributed by atoms with Gasteiger partial charge in [-0.15, -0.1) is 0 Å². The molecule has 0 atom stereocenters. The molecule has 0 saturated carbocycles. The van der Waals surface area contributed by atoms with E-state index >= 15 is 0 Å². The van der Waals surface area contributed by atoms with E-state index in [1.54, 1.807) is 6.07 Å². The molecular formula is C10H12N2O4S. The van der Waals surface area contributed by atoms with Crippen LogP contribution in [0.25, 0.3) is 0 Å². The standard InChI is InChI=1S/C10H12N2O4S/c1-16-9-4-2-3-8(7-11)10(9)12-17(14,15)6-5-13/h2-4,12-13H,5-6H2,1H3. The molecule has 0 fully saturated rings. The van der Waals surface area contributed by atoms with Crippen LogP contribution in [-0.4, -0.2) is 33.0 Å². The first-order chi connectivity index (χ1) is 8.04. The number of rotatable bonds is 5. The Bertz CT molecular complexity index is 534. The van der Waals surface area contributed by atoms with Gasteiger partial charge >= 0.3 is 0 Å². The third kappa shape index (κ3) is 3.34. The molecule has 0 saturated heterocycles. The Morgan fingerprint density at radius 2 is 2.24 bits per heavy atom. The number of aliphatic hydroxyl groups is 1. The van der Waals surface area contributed by atoms with Crippen molar-refractivity contribution in [3.63, 3.8) is 0 Å². The number of nitrogens with one attached hydrogen (secondary N) is 1. The number of nitriles is 1. The van der Waals surface area contributed by atoms with Crippen LogP contribution in [0.4, 0.5) is 5.69 Å². The number of benzene rings is 1. The van der Waals surface area contributed by atoms with Gasteiger partial charge in [-0.05, 0) is 12.1 Å². The van der Waals surface area contributed by atoms with Crippen molar-refractivity contribution in [2.24, 2.45) is 0 Å². The third-order valence-corrected chi connectivity index (χ3v) is 3.22. The molecule has 0 amide bonds. The smallest absolute Gasteiger partial charge is 0.235 e. The quantitative estimate of drug-likeness (QED) is 0.789. The van der Waals surface area contributed by atoms with Crippen LogP contribution in [0.1, 0.15) is 5.56 Å². The van der Waals surface area contributed by atoms with Crippen LogP contribution < -0.4 is 9.46 Å². The van der Waals surface area contributed by atoms with Crippen molar-refractivity contribution in [1.82, 2.24) is 0 Å². The molecule has 0 aliphatic carbocycles. The zero-order chi connectivity index (χ0) is 12.9. The van der Waals surface area contributed by atoms with E-state index in [0.717, 1.165) is 0 Å². The van der Waals surface area contributed by atoms with Gasteiger partial charge < -0.3 is 9.84 Å². The normalized spacial score (nSPS) is 10.6. The average molecular weight is 256 g/mol. The first-order valence-corrected chi connectivity index (χ1v) is 6.37. The molecule has 2 N–H and O–H groups in total. The number of para-hydroxylation sites is 1. The van der Waals surface area contributed by atoms with Crippen LogP contribution in [0.2, 0.25) is 0 Å². The molecule has 7 heteroatoms. The Morgan fingerprint density at radius 1 is 1.53 bits per heavy atom. The monoisotopic (exact) mass is 256 g/mol. The Balaban J connectivity index is 3.17. The van der Waals surface area contributed by atoms with Crippen molar-refractivity contribution < 1.29 is 18.3 Å². The van der Waals surface area contributed by atoms with Crippen LogP contribution >= 0.6 is 0 Å². The van der Waals surface area contributed by atoms with Crippen molar-refractivity contribution >= 4 is 15.7 Å². The first-order valence-electron chi connectivity index (χ1n) is 4.72. The van der Waals surface area contributed by atoms with Gasteiger partial charge in [0, 0.05) is 0 Å². The topological polar surface area (TPSA) is 99.4 Å². The second-order valence-corrected chi connectivity index (χ2v) is 4.98. The summed E-state index contributed by atoms with van der Waals surface area (Å²) in [5, 5.41) is 17.5. The number of nitrogens with zero attached hydrogens (tertiary/aromatic N) is 1. The molecule has 0 unspecified atom stereocenters. The van der Waals surface area contributed by atoms with Gasteiger partial charge in [-0.3, -0.25) is 4.72 Å². The lowest BCUT2D eigenvalue weighted by Gasteiger charge is -2.12. The van der Waals surface area contributed by atoms with E-state index in [0.29, 0.717) is 0 Å². The predicted molar refractivity (Wildman–Crippen MR) is 62.2 cm³/mol. The van der Waals surface area contributed by atoms with Crippen molar-refractivity contribution in [3.8, 4) is 11.8 Å². The highest BCUT2D eigenvalue weighted by molar-refractivity contribution is 7.92. The predicted octanol–water partition coefficient (Wildman–Crippen LogP) is 0.301. The summed E-state index contributed by atoms with van der Waals surface area (Å²) < 4.78 is 30.2. The van der Waals surface area contributed by atoms with E-state index in [1.165, 1.54) is 19.2 Å². The van der Waals surface area contributed by atoms with E-state index in [1.807, 2.05) is 6.07 Å². The lowest BCUT2D eigenvalue weighted by Crippen LogP contribution is -2.20. The van der Waals surface area contributed by atoms with Crippen LogP contribution in [0.15, 0.2) is 18.2 Å². The number of hydrogen-bond acceptors (Lipinski definition) is 5. The molecule has 0 aliphatic heterocycles. The second-order valence-electron chi connectivity index (χ2n) is 3.14. The number of ether oxygens (including phenoxy) is 1. The molecule has 6 nitrogen and oxygen atoms in total. The van der Waals surface area contributed by atoms with Gasteiger partial charge in [0.2, 0.25) is 10.0 Å². The number of hydrogen-bond donors (Lipinski definition) is 2. The van der Waals surface area contributed by atoms with Gasteiger partial charge in [0.25, 0.3) is 0 Å². The van der Waals surface area contributed by atoms with Crippen molar-refractivity contribution in [2.75, 3.05) is 24.2 Å². The van der Waals surface area contributed by atoms with Crippen LogP contribution in [0.5, 0.6) is 5.75 Å². The SMILES string of the molecule is COc1cccc(C#N)c1NS(=O)(=O)CCO. The van der Waals surface area contributed by atoms with E-state index in [2.05, 4.69) is 4.72 Å². The molecule has 0 aliphatic rings. The maximum atomic E-state index is 11.5. The van der Waals surface area contributed by atoms with Gasteiger partial charge in [0.1, 0.15) is 17.5 Å². The van der Waals surface area contributed by atoms with Gasteiger partial charge in [-0.2, -0.15) is 5.26 Å². The van der Waals surface area contributed by atoms with Gasteiger partial charge in [-0.1, -0.05) is 6.07 Å². The Labute approximate surface area is 99.5 Å². The highest BCUT2D eigenvalue weighted by Crippen LogP contribution is 2.28. The summed E-state index contributed by atoms with van der Waals surface area (Å²) in [6.07, 6.45) is 0. The Morgan fingerprint density at radius 3 is 2.76 bits per heavy atom. The summed E-state index contributed by atoms with van der Waals surface area (Å²) in [7, 11) is -2.31. The molecule has 1 rings (SSSR count). The fraction of sp³-hybridized carbons (Fsp3) is 0.300. The molecule has 0 aromatic heterocycles. The first kappa shape index (κ1) is 13.3. The molecule has 17 heavy (non-hydrogen) atoms. The van der Waals surface area contributed by atoms with Crippen molar-refractivity contribution in [1.29, 1.82) is 5.26 Å². The number of sulfonamides is 1. The van der Waals surface area contributed by atoms with Crippen LogP contribution in [-0.2, 0) is 10.0 Å². The van der Waals surface area contributed by atoms with Gasteiger partial charge in [0.05, 0.1) is 25.0 Å². The zero-order valence-corrected chi connectivity index (χ0v) is 9.99. The molecular weight excluding hydrogens is 244 g/mol. The average Bonchev–Trinajstić information content (AvgIpc) is 2.28. The maximum absolute atomic E-state index is 11.5. The molecule has 1 aromatic carbocycles. The molecule has 0 spiro atoms. The largest absolute Gasteiger partial charge is 0.495 e. The maximum Gasteiger partial charge on any atom is 0.235 e. The number of methoxy groups -OCH3 is 1. The van der Waals surface area contributed by atoms with Crippen molar-refractivity contribution in [3.05, 3.63) is 23.8 Å². The van der Waals surface area contributed by atoms with Crippen LogP contribution in [0.3, 0.4) is 0 Å². The van der Waals surface area contributed by atoms with E-state index in [4.69, 9.17) is 15.1 Å². The minimum atomic E-state index is -3.68. The van der Waals surface area contributed by atoms with Crippen LogP contribution in [0, 0.1) is 11.3 Å². The number of aliphatic hydroxyl groups excluding tert-OH is 1. The van der Waals surface area contributed by atoms with Gasteiger partial charge in [-0.25, -0.2) is 8.42 Å². The minimum Gasteiger partial charge on any atom is -0.495 e. The lowest BCUT2D eigenvalue weighted by molar-refractivity contribution is 0.320. The summed E-state index contributed by atoms with van der Waals surface area (Å²) in [5.74, 6) is -0.179.